The Morgan fingerprint density at radius 3 is 2.71 bits per heavy atom. The summed E-state index contributed by atoms with van der Waals surface area (Å²) in [5, 5.41) is 7.35. The topological polar surface area (TPSA) is 55.9 Å². The van der Waals surface area contributed by atoms with Crippen molar-refractivity contribution in [1.29, 1.82) is 0 Å². The minimum Gasteiger partial charge on any atom is -0.389 e. The van der Waals surface area contributed by atoms with Gasteiger partial charge >= 0.3 is 0 Å². The number of anilines is 2. The van der Waals surface area contributed by atoms with E-state index in [0.717, 1.165) is 0 Å². The first-order chi connectivity index (χ1) is 9.90. The van der Waals surface area contributed by atoms with Crippen LogP contribution in [0.2, 0.25) is 0 Å². The van der Waals surface area contributed by atoms with Crippen LogP contribution in [0.1, 0.15) is 11.3 Å². The van der Waals surface area contributed by atoms with Crippen molar-refractivity contribution < 1.29 is 8.78 Å². The number of aryl methyl sites for hydroxylation is 2. The van der Waals surface area contributed by atoms with E-state index in [2.05, 4.69) is 10.4 Å². The van der Waals surface area contributed by atoms with E-state index in [9.17, 15) is 8.78 Å². The van der Waals surface area contributed by atoms with Gasteiger partial charge in [-0.25, -0.2) is 0 Å². The quantitative estimate of drug-likeness (QED) is 0.651. The van der Waals surface area contributed by atoms with E-state index in [1.807, 2.05) is 0 Å². The van der Waals surface area contributed by atoms with Crippen molar-refractivity contribution in [3.63, 3.8) is 0 Å². The smallest absolute Gasteiger partial charge is 0.288 e. The highest BCUT2D eigenvalue weighted by atomic mass is 32.2. The molecule has 4 nitrogen and oxygen atoms in total. The molecule has 8 heteroatoms. The van der Waals surface area contributed by atoms with Crippen molar-refractivity contribution in [2.75, 3.05) is 5.32 Å². The summed E-state index contributed by atoms with van der Waals surface area (Å²) in [5.41, 5.74) is 7.57. The lowest BCUT2D eigenvalue weighted by atomic mass is 10.2. The van der Waals surface area contributed by atoms with Crippen LogP contribution < -0.4 is 11.1 Å². The summed E-state index contributed by atoms with van der Waals surface area (Å²) in [4.78, 5) is 0.655. The van der Waals surface area contributed by atoms with Crippen molar-refractivity contribution >= 4 is 40.5 Å². The minimum atomic E-state index is -2.49. The number of benzene rings is 1. The summed E-state index contributed by atoms with van der Waals surface area (Å²) in [7, 11) is 1.74. The summed E-state index contributed by atoms with van der Waals surface area (Å²) in [6.45, 7) is 1.79. The lowest BCUT2D eigenvalue weighted by molar-refractivity contribution is 0.252. The summed E-state index contributed by atoms with van der Waals surface area (Å²) in [6.07, 6.45) is 0. The van der Waals surface area contributed by atoms with Gasteiger partial charge in [0.1, 0.15) is 10.8 Å². The highest BCUT2D eigenvalue weighted by molar-refractivity contribution is 7.99. The van der Waals surface area contributed by atoms with Crippen molar-refractivity contribution in [2.45, 2.75) is 17.6 Å². The fourth-order valence-electron chi connectivity index (χ4n) is 1.99. The zero-order valence-electron chi connectivity index (χ0n) is 11.4. The average Bonchev–Trinajstić information content (AvgIpc) is 2.66. The molecule has 0 aliphatic carbocycles. The Kier molecular flexibility index (Phi) is 4.79. The summed E-state index contributed by atoms with van der Waals surface area (Å²) in [5.74, 6) is -1.90. The molecule has 2 aromatic rings. The Hall–Kier alpha value is -1.67. The number of nitrogens with two attached hydrogens (primary N) is 1. The SMILES string of the molecule is Cc1nn(C)c(Nc2ccccc2SC(F)F)c1C(N)=S. The first-order valence-corrected chi connectivity index (χ1v) is 7.33. The van der Waals surface area contributed by atoms with Gasteiger partial charge in [-0.2, -0.15) is 13.9 Å². The van der Waals surface area contributed by atoms with Gasteiger partial charge in [-0.05, 0) is 19.1 Å². The monoisotopic (exact) mass is 328 g/mol. The second-order valence-electron chi connectivity index (χ2n) is 4.30. The zero-order chi connectivity index (χ0) is 15.6. The highest BCUT2D eigenvalue weighted by Gasteiger charge is 2.17. The molecule has 0 saturated heterocycles. The number of rotatable bonds is 5. The van der Waals surface area contributed by atoms with E-state index < -0.39 is 5.76 Å². The zero-order valence-corrected chi connectivity index (χ0v) is 13.1. The van der Waals surface area contributed by atoms with E-state index in [1.165, 1.54) is 0 Å². The fraction of sp³-hybridized carbons (Fsp3) is 0.231. The molecule has 0 amide bonds. The van der Waals surface area contributed by atoms with Gasteiger partial charge in [0, 0.05) is 11.9 Å². The second kappa shape index (κ2) is 6.40. The predicted octanol–water partition coefficient (Wildman–Crippen LogP) is 3.42. The number of hydrogen-bond acceptors (Lipinski definition) is 4. The maximum absolute atomic E-state index is 12.6. The van der Waals surface area contributed by atoms with Crippen LogP contribution in [0.4, 0.5) is 20.3 Å². The van der Waals surface area contributed by atoms with Crippen molar-refractivity contribution in [2.24, 2.45) is 12.8 Å². The maximum atomic E-state index is 12.6. The molecule has 1 heterocycles. The molecule has 0 aliphatic heterocycles. The van der Waals surface area contributed by atoms with Gasteiger partial charge < -0.3 is 11.1 Å². The molecule has 1 aromatic heterocycles. The number of para-hydroxylation sites is 1. The number of nitrogens with zero attached hydrogens (tertiary/aromatic N) is 2. The van der Waals surface area contributed by atoms with Gasteiger partial charge in [0.05, 0.1) is 16.9 Å². The molecule has 0 saturated carbocycles. The summed E-state index contributed by atoms with van der Waals surface area (Å²) >= 11 is 5.51. The number of aromatic nitrogens is 2. The van der Waals surface area contributed by atoms with E-state index in [1.54, 1.807) is 42.9 Å². The van der Waals surface area contributed by atoms with Gasteiger partial charge in [0.25, 0.3) is 5.76 Å². The lowest BCUT2D eigenvalue weighted by Crippen LogP contribution is -2.13. The van der Waals surface area contributed by atoms with Crippen LogP contribution in [-0.4, -0.2) is 20.5 Å². The van der Waals surface area contributed by atoms with Crippen molar-refractivity contribution in [3.8, 4) is 0 Å². The van der Waals surface area contributed by atoms with Crippen molar-refractivity contribution in [3.05, 3.63) is 35.5 Å². The molecule has 0 spiro atoms. The Morgan fingerprint density at radius 2 is 2.10 bits per heavy atom. The number of hydrogen-bond donors (Lipinski definition) is 2. The number of thiocarbonyl (C=S) groups is 1. The second-order valence-corrected chi connectivity index (χ2v) is 5.77. The minimum absolute atomic E-state index is 0.210. The third-order valence-corrected chi connectivity index (χ3v) is 3.82. The Labute approximate surface area is 130 Å². The number of nitrogens with one attached hydrogen (secondary N) is 1. The molecule has 21 heavy (non-hydrogen) atoms. The van der Waals surface area contributed by atoms with Crippen LogP contribution in [-0.2, 0) is 7.05 Å². The molecule has 2 rings (SSSR count). The molecule has 0 unspecified atom stereocenters. The molecular weight excluding hydrogens is 314 g/mol. The Bertz CT molecular complexity index is 670. The molecule has 112 valence electrons. The molecule has 0 bridgehead atoms. The van der Waals surface area contributed by atoms with Gasteiger partial charge in [0.15, 0.2) is 0 Å². The Morgan fingerprint density at radius 1 is 1.43 bits per heavy atom. The molecule has 0 radical (unpaired) electrons. The summed E-state index contributed by atoms with van der Waals surface area (Å²) in [6, 6.07) is 6.82. The third-order valence-electron chi connectivity index (χ3n) is 2.82. The first-order valence-electron chi connectivity index (χ1n) is 6.04. The normalized spacial score (nSPS) is 10.9. The third kappa shape index (κ3) is 3.51. The average molecular weight is 328 g/mol. The van der Waals surface area contributed by atoms with Crippen LogP contribution in [0.5, 0.6) is 0 Å². The van der Waals surface area contributed by atoms with Crippen LogP contribution in [0, 0.1) is 6.92 Å². The number of halogens is 2. The molecule has 3 N–H and O–H groups in total. The van der Waals surface area contributed by atoms with E-state index in [4.69, 9.17) is 18.0 Å². The van der Waals surface area contributed by atoms with Gasteiger partial charge in [0.2, 0.25) is 0 Å². The number of thioether (sulfide) groups is 1. The molecule has 0 atom stereocenters. The summed E-state index contributed by atoms with van der Waals surface area (Å²) < 4.78 is 26.8. The van der Waals surface area contributed by atoms with E-state index >= 15 is 0 Å². The van der Waals surface area contributed by atoms with Crippen LogP contribution >= 0.6 is 24.0 Å². The van der Waals surface area contributed by atoms with Crippen LogP contribution in [0.15, 0.2) is 29.2 Å². The van der Waals surface area contributed by atoms with Crippen molar-refractivity contribution in [1.82, 2.24) is 9.78 Å². The van der Waals surface area contributed by atoms with Gasteiger partial charge in [-0.15, -0.1) is 0 Å². The highest BCUT2D eigenvalue weighted by Crippen LogP contribution is 2.34. The van der Waals surface area contributed by atoms with Crippen LogP contribution in [0.3, 0.4) is 0 Å². The molecule has 0 fully saturated rings. The molecular formula is C13H14F2N4S2. The Balaban J connectivity index is 2.41. The number of alkyl halides is 2. The maximum Gasteiger partial charge on any atom is 0.288 e. The van der Waals surface area contributed by atoms with E-state index in [-0.39, 0.29) is 4.99 Å². The standard InChI is InChI=1S/C13H14F2N4S2/c1-7-10(11(16)20)12(19(2)18-7)17-8-5-3-4-6-9(8)21-13(14)15/h3-6,13,17H,1-2H3,(H2,16,20). The lowest BCUT2D eigenvalue weighted by Gasteiger charge is -2.13. The predicted molar refractivity (Wildman–Crippen MR) is 85.4 cm³/mol. The first kappa shape index (κ1) is 15.7. The fourth-order valence-corrected chi connectivity index (χ4v) is 2.83. The molecule has 1 aromatic carbocycles. The largest absolute Gasteiger partial charge is 0.389 e. The van der Waals surface area contributed by atoms with Gasteiger partial charge in [-0.3, -0.25) is 4.68 Å². The van der Waals surface area contributed by atoms with E-state index in [0.29, 0.717) is 39.4 Å². The molecule has 0 aliphatic rings. The van der Waals surface area contributed by atoms with Crippen LogP contribution in [0.25, 0.3) is 0 Å². The van der Waals surface area contributed by atoms with Gasteiger partial charge in [-0.1, -0.05) is 36.1 Å².